The highest BCUT2D eigenvalue weighted by Crippen LogP contribution is 2.47. The summed E-state index contributed by atoms with van der Waals surface area (Å²) in [6, 6.07) is 179. The molecule has 8 nitrogen and oxygen atoms in total. The van der Waals surface area contributed by atoms with E-state index in [-0.39, 0.29) is 0 Å². The minimum atomic E-state index is 0.889. The fourth-order valence-electron chi connectivity index (χ4n) is 22.4. The number of para-hydroxylation sites is 11. The van der Waals surface area contributed by atoms with E-state index < -0.39 is 0 Å². The minimum Gasteiger partial charge on any atom is -0.464 e. The van der Waals surface area contributed by atoms with E-state index in [1.165, 1.54) is 186 Å². The largest absolute Gasteiger partial charge is 0.464 e. The second kappa shape index (κ2) is 31.6. The van der Waals surface area contributed by atoms with Crippen LogP contribution in [-0.2, 0) is 0 Å². The van der Waals surface area contributed by atoms with E-state index >= 15 is 0 Å². The smallest absolute Gasteiger partial charge is 0.134 e. The molecule has 0 bridgehead atoms. The van der Waals surface area contributed by atoms with E-state index in [0.717, 1.165) is 72.9 Å². The molecule has 21 aromatic carbocycles. The van der Waals surface area contributed by atoms with Crippen molar-refractivity contribution in [2.24, 2.45) is 0 Å². The molecule has 0 aliphatic rings. The zero-order chi connectivity index (χ0) is 90.6. The van der Waals surface area contributed by atoms with Crippen LogP contribution in [0.3, 0.4) is 0 Å². The molecule has 644 valence electrons. The number of fused-ring (bicyclic) bond motifs is 20. The van der Waals surface area contributed by atoms with Gasteiger partial charge < -0.3 is 36.4 Å². The first-order valence-corrected chi connectivity index (χ1v) is 47.3. The lowest BCUT2D eigenvalue weighted by atomic mass is 9.98. The molecule has 8 heteroatoms. The fraction of sp³-hybridized carbons (Fsp3) is 0. The van der Waals surface area contributed by atoms with Crippen molar-refractivity contribution in [3.8, 4) is 107 Å². The first-order valence-electron chi connectivity index (χ1n) is 47.3. The zero-order valence-electron chi connectivity index (χ0n) is 75.0. The second-order valence-corrected chi connectivity index (χ2v) is 36.3. The van der Waals surface area contributed by atoms with Crippen LogP contribution in [0.25, 0.3) is 259 Å². The lowest BCUT2D eigenvalue weighted by Crippen LogP contribution is -1.94. The van der Waals surface area contributed by atoms with E-state index in [0.29, 0.717) is 0 Å². The van der Waals surface area contributed by atoms with Crippen LogP contribution in [0.2, 0.25) is 0 Å². The summed E-state index contributed by atoms with van der Waals surface area (Å²) in [6.07, 6.45) is 4.17. The van der Waals surface area contributed by atoms with Gasteiger partial charge in [0.15, 0.2) is 0 Å². The number of furan rings is 1. The minimum absolute atomic E-state index is 0.889. The van der Waals surface area contributed by atoms with Gasteiger partial charge in [0, 0.05) is 133 Å². The van der Waals surface area contributed by atoms with Crippen molar-refractivity contribution in [3.05, 3.63) is 504 Å². The Bertz CT molecular complexity index is 9520. The Balaban J connectivity index is 0.000000137. The van der Waals surface area contributed by atoms with Crippen molar-refractivity contribution in [2.75, 3.05) is 0 Å². The van der Waals surface area contributed by atoms with Crippen LogP contribution in [-0.4, -0.2) is 32.0 Å². The Morgan fingerprint density at radius 3 is 0.703 bits per heavy atom. The molecule has 0 unspecified atom stereocenters. The van der Waals surface area contributed by atoms with Crippen LogP contribution >= 0.6 is 0 Å². The lowest BCUT2D eigenvalue weighted by molar-refractivity contribution is 0.617. The van der Waals surface area contributed by atoms with Gasteiger partial charge in [0.05, 0.1) is 78.0 Å². The van der Waals surface area contributed by atoms with E-state index in [4.69, 9.17) is 4.42 Å². The van der Waals surface area contributed by atoms with Crippen molar-refractivity contribution < 1.29 is 4.42 Å². The Morgan fingerprint density at radius 1 is 0.130 bits per heavy atom. The van der Waals surface area contributed by atoms with Crippen LogP contribution in [0.1, 0.15) is 0 Å². The molecular formula is C130H83N7O. The number of aromatic nitrogens is 7. The maximum absolute atomic E-state index is 6.02. The van der Waals surface area contributed by atoms with E-state index in [2.05, 4.69) is 517 Å². The van der Waals surface area contributed by atoms with Gasteiger partial charge in [0.1, 0.15) is 5.58 Å². The van der Waals surface area contributed by atoms with Crippen LogP contribution in [0.5, 0.6) is 0 Å². The van der Waals surface area contributed by atoms with Crippen molar-refractivity contribution in [3.63, 3.8) is 0 Å². The quantitative estimate of drug-likeness (QED) is 0.113. The van der Waals surface area contributed by atoms with Gasteiger partial charge in [-0.15, -0.1) is 0 Å². The molecule has 29 rings (SSSR count). The molecule has 0 amide bonds. The average Bonchev–Trinajstić information content (AvgIpc) is 1.57. The number of hydrogen-bond donors (Lipinski definition) is 0. The van der Waals surface area contributed by atoms with Gasteiger partial charge in [0.25, 0.3) is 0 Å². The van der Waals surface area contributed by atoms with Gasteiger partial charge >= 0.3 is 0 Å². The van der Waals surface area contributed by atoms with Gasteiger partial charge in [-0.1, -0.05) is 273 Å². The summed E-state index contributed by atoms with van der Waals surface area (Å²) in [4.78, 5) is 0. The van der Waals surface area contributed by atoms with E-state index in [1.54, 1.807) is 0 Å². The van der Waals surface area contributed by atoms with E-state index in [1.807, 2.05) is 18.4 Å². The summed E-state index contributed by atoms with van der Waals surface area (Å²) in [5.41, 5.74) is 38.5. The molecule has 0 saturated heterocycles. The SMILES string of the molecule is c1ccc(-n2c3ccccc3c3cc(-c4ccc5c(c4)c4cc(-c6ccc7c(c6)c6ccccc6n7-c6ccccc6)ccc4n5-c4cccc(-c5coc6ccccc56)c4)ccc32)cc1.c1ccc(-n2cc(-c3ccc(-n4c5ccc(-c6ccc7c(c6)c6ccccc6n7-c6ccccc6)cc5c5cc(-c6ccc7c(c6)c6ccccc6n7-c6ccccc6)ccc54)cc3)c3ccccc32)cc1. The molecule has 0 spiro atoms. The number of hydrogen-bond acceptors (Lipinski definition) is 1. The predicted octanol–water partition coefficient (Wildman–Crippen LogP) is 34.6. The van der Waals surface area contributed by atoms with Crippen LogP contribution in [0.15, 0.2) is 508 Å². The number of nitrogens with zero attached hydrogens (tertiary/aromatic N) is 7. The monoisotopic (exact) mass is 1760 g/mol. The Hall–Kier alpha value is -18.5. The third kappa shape index (κ3) is 12.5. The van der Waals surface area contributed by atoms with Gasteiger partial charge in [-0.25, -0.2) is 0 Å². The topological polar surface area (TPSA) is 47.6 Å². The summed E-state index contributed by atoms with van der Waals surface area (Å²) >= 11 is 0. The molecular weight excluding hydrogens is 1680 g/mol. The zero-order valence-corrected chi connectivity index (χ0v) is 75.0. The molecule has 138 heavy (non-hydrogen) atoms. The number of rotatable bonds is 13. The standard InChI is InChI=1S/C68H44N4.C62H39N3O/c1-4-16-50(17-5-1)69-44-61(56-24-10-13-25-62(56)69)45-28-34-53(35-29-45)72-67-38-32-48(46-30-36-65-57(40-46)54-22-11-14-26-63(54)70(65)51-18-6-2-7-19-51)42-59(67)60-43-49(33-39-68(60)72)47-31-37-66-58(41-47)55-23-12-15-27-64(55)71(66)52-20-8-3-9-21-52;1-3-15-45(16-4-1)63-56-23-10-7-20-48(56)51-35-40(26-30-58(51)63)42-28-32-60-53(37-42)54-38-43(41-27-31-59-52(36-41)49-21-8-11-24-57(49)64(59)46-17-5-2-6-18-46)29-33-61(54)65(60)47-19-13-14-44(34-47)55-39-66-62-25-12-9-22-50(55)62/h1-44H;1-39H. The van der Waals surface area contributed by atoms with Gasteiger partial charge in [-0.3, -0.25) is 0 Å². The second-order valence-electron chi connectivity index (χ2n) is 36.3. The first kappa shape index (κ1) is 78.2. The molecule has 8 heterocycles. The number of benzene rings is 21. The summed E-state index contributed by atoms with van der Waals surface area (Å²) in [5.74, 6) is 0. The molecule has 0 fully saturated rings. The van der Waals surface area contributed by atoms with Crippen molar-refractivity contribution in [2.45, 2.75) is 0 Å². The molecule has 0 radical (unpaired) electrons. The summed E-state index contributed by atoms with van der Waals surface area (Å²) in [6.45, 7) is 0. The van der Waals surface area contributed by atoms with Crippen LogP contribution in [0.4, 0.5) is 0 Å². The van der Waals surface area contributed by atoms with Crippen molar-refractivity contribution >= 4 is 153 Å². The molecule has 0 atom stereocenters. The maximum atomic E-state index is 6.02. The molecule has 0 aliphatic heterocycles. The summed E-state index contributed by atoms with van der Waals surface area (Å²) in [7, 11) is 0. The lowest BCUT2D eigenvalue weighted by Gasteiger charge is -2.11. The van der Waals surface area contributed by atoms with Gasteiger partial charge in [0.2, 0.25) is 0 Å². The third-order valence-electron chi connectivity index (χ3n) is 28.7. The highest BCUT2D eigenvalue weighted by atomic mass is 16.3. The highest BCUT2D eigenvalue weighted by molar-refractivity contribution is 6.18. The Labute approximate surface area is 794 Å². The Kier molecular flexibility index (Phi) is 17.9. The molecule has 0 saturated carbocycles. The van der Waals surface area contributed by atoms with Gasteiger partial charge in [-0.2, -0.15) is 0 Å². The normalized spacial score (nSPS) is 11.9. The summed E-state index contributed by atoms with van der Waals surface area (Å²) in [5, 5.41) is 17.1. The third-order valence-corrected chi connectivity index (χ3v) is 28.7. The van der Waals surface area contributed by atoms with Gasteiger partial charge in [-0.05, 0) is 274 Å². The molecule has 0 aliphatic carbocycles. The van der Waals surface area contributed by atoms with Crippen molar-refractivity contribution in [1.29, 1.82) is 0 Å². The van der Waals surface area contributed by atoms with Crippen LogP contribution in [0, 0.1) is 0 Å². The first-order chi connectivity index (χ1) is 68.4. The Morgan fingerprint density at radius 2 is 0.370 bits per heavy atom. The van der Waals surface area contributed by atoms with Crippen molar-refractivity contribution in [1.82, 2.24) is 32.0 Å². The average molecular weight is 1760 g/mol. The fourth-order valence-corrected chi connectivity index (χ4v) is 22.4. The molecule has 8 aromatic heterocycles. The van der Waals surface area contributed by atoms with Crippen LogP contribution < -0.4 is 0 Å². The highest BCUT2D eigenvalue weighted by Gasteiger charge is 2.25. The molecule has 29 aromatic rings. The molecule has 0 N–H and O–H groups in total. The predicted molar refractivity (Wildman–Crippen MR) is 578 cm³/mol. The maximum Gasteiger partial charge on any atom is 0.134 e. The summed E-state index contributed by atoms with van der Waals surface area (Å²) < 4.78 is 22.7. The van der Waals surface area contributed by atoms with E-state index in [9.17, 15) is 0 Å².